The topological polar surface area (TPSA) is 58.9 Å². The highest BCUT2D eigenvalue weighted by Gasteiger charge is 2.19. The number of rotatable bonds is 1. The molecule has 3 aromatic heterocycles. The molecule has 1 aliphatic rings. The number of furan rings is 1. The summed E-state index contributed by atoms with van der Waals surface area (Å²) < 4.78 is 5.34. The van der Waals surface area contributed by atoms with Crippen LogP contribution in [-0.4, -0.2) is 9.97 Å². The van der Waals surface area contributed by atoms with Crippen LogP contribution in [0.2, 0.25) is 0 Å². The van der Waals surface area contributed by atoms with E-state index >= 15 is 0 Å². The molecular weight excluding hydrogens is 284 g/mol. The number of H-pyrrole nitrogens is 1. The van der Waals surface area contributed by atoms with E-state index in [1.54, 1.807) is 23.7 Å². The molecule has 4 nitrogen and oxygen atoms in total. The normalized spacial score (nSPS) is 15.6. The van der Waals surface area contributed by atoms with Gasteiger partial charge in [0, 0.05) is 4.88 Å². The van der Waals surface area contributed by atoms with E-state index in [4.69, 9.17) is 4.42 Å². The van der Waals surface area contributed by atoms with E-state index in [1.807, 2.05) is 6.07 Å². The first-order valence-corrected chi connectivity index (χ1v) is 8.23. The molecule has 0 bridgehead atoms. The maximum Gasteiger partial charge on any atom is 0.260 e. The van der Waals surface area contributed by atoms with Gasteiger partial charge in [0.2, 0.25) is 0 Å². The molecule has 0 amide bonds. The monoisotopic (exact) mass is 300 g/mol. The predicted octanol–water partition coefficient (Wildman–Crippen LogP) is 3.90. The van der Waals surface area contributed by atoms with Crippen molar-refractivity contribution in [2.75, 3.05) is 0 Å². The maximum absolute atomic E-state index is 12.5. The van der Waals surface area contributed by atoms with Crippen molar-refractivity contribution < 1.29 is 4.42 Å². The van der Waals surface area contributed by atoms with Gasteiger partial charge in [-0.25, -0.2) is 4.98 Å². The van der Waals surface area contributed by atoms with Crippen LogP contribution in [0.1, 0.15) is 36.1 Å². The third kappa shape index (κ3) is 2.21. The van der Waals surface area contributed by atoms with E-state index in [0.29, 0.717) is 11.6 Å². The van der Waals surface area contributed by atoms with E-state index in [1.165, 1.54) is 29.7 Å². The lowest BCUT2D eigenvalue weighted by atomic mass is 9.98. The Hall–Kier alpha value is -1.88. The Balaban J connectivity index is 1.92. The average molecular weight is 300 g/mol. The molecule has 1 N–H and O–H groups in total. The lowest BCUT2D eigenvalue weighted by Gasteiger charge is -2.08. The van der Waals surface area contributed by atoms with Crippen molar-refractivity contribution in [1.82, 2.24) is 9.97 Å². The quantitative estimate of drug-likeness (QED) is 0.741. The number of aryl methyl sites for hydroxylation is 2. The van der Waals surface area contributed by atoms with Gasteiger partial charge in [0.05, 0.1) is 11.6 Å². The fourth-order valence-corrected chi connectivity index (χ4v) is 4.31. The molecule has 21 heavy (non-hydrogen) atoms. The Kier molecular flexibility index (Phi) is 3.15. The number of aromatic nitrogens is 2. The molecular formula is C16H16N2O2S. The van der Waals surface area contributed by atoms with Crippen LogP contribution >= 0.6 is 11.3 Å². The molecule has 4 rings (SSSR count). The van der Waals surface area contributed by atoms with Crippen molar-refractivity contribution in [3.05, 3.63) is 39.2 Å². The second kappa shape index (κ2) is 5.15. The molecule has 5 heteroatoms. The minimum Gasteiger partial charge on any atom is -0.461 e. The molecule has 3 aromatic rings. The predicted molar refractivity (Wildman–Crippen MR) is 83.8 cm³/mol. The lowest BCUT2D eigenvalue weighted by Crippen LogP contribution is -2.10. The zero-order valence-corrected chi connectivity index (χ0v) is 12.5. The minimum absolute atomic E-state index is 0.0375. The average Bonchev–Trinajstić information content (AvgIpc) is 3.07. The zero-order valence-electron chi connectivity index (χ0n) is 11.6. The van der Waals surface area contributed by atoms with Gasteiger partial charge in [-0.2, -0.15) is 0 Å². The Morgan fingerprint density at radius 1 is 1.19 bits per heavy atom. The summed E-state index contributed by atoms with van der Waals surface area (Å²) >= 11 is 1.68. The van der Waals surface area contributed by atoms with Crippen molar-refractivity contribution in [1.29, 1.82) is 0 Å². The van der Waals surface area contributed by atoms with Gasteiger partial charge in [0.15, 0.2) is 11.6 Å². The second-order valence-electron chi connectivity index (χ2n) is 5.49. The summed E-state index contributed by atoms with van der Waals surface area (Å²) in [6, 6.07) is 3.61. The Labute approximate surface area is 125 Å². The third-order valence-corrected chi connectivity index (χ3v) is 5.27. The summed E-state index contributed by atoms with van der Waals surface area (Å²) in [5, 5.41) is 0.798. The van der Waals surface area contributed by atoms with Crippen molar-refractivity contribution in [2.24, 2.45) is 0 Å². The van der Waals surface area contributed by atoms with Crippen LogP contribution in [0.15, 0.2) is 27.6 Å². The second-order valence-corrected chi connectivity index (χ2v) is 6.57. The Morgan fingerprint density at radius 3 is 2.86 bits per heavy atom. The van der Waals surface area contributed by atoms with Gasteiger partial charge < -0.3 is 9.40 Å². The van der Waals surface area contributed by atoms with Crippen molar-refractivity contribution >= 4 is 21.6 Å². The van der Waals surface area contributed by atoms with Gasteiger partial charge in [-0.05, 0) is 43.4 Å². The fraction of sp³-hybridized carbons (Fsp3) is 0.375. The van der Waals surface area contributed by atoms with Crippen molar-refractivity contribution in [3.63, 3.8) is 0 Å². The van der Waals surface area contributed by atoms with Crippen LogP contribution in [0.4, 0.5) is 0 Å². The van der Waals surface area contributed by atoms with Crippen LogP contribution in [0.25, 0.3) is 21.8 Å². The fourth-order valence-electron chi connectivity index (χ4n) is 3.05. The first-order chi connectivity index (χ1) is 10.3. The van der Waals surface area contributed by atoms with Crippen LogP contribution < -0.4 is 5.56 Å². The van der Waals surface area contributed by atoms with Gasteiger partial charge in [-0.1, -0.05) is 12.8 Å². The first-order valence-electron chi connectivity index (χ1n) is 7.41. The summed E-state index contributed by atoms with van der Waals surface area (Å²) in [5.74, 6) is 1.13. The number of nitrogens with zero attached hydrogens (tertiary/aromatic N) is 1. The summed E-state index contributed by atoms with van der Waals surface area (Å²) in [5.41, 5.74) is 1.19. The van der Waals surface area contributed by atoms with E-state index in [2.05, 4.69) is 9.97 Å². The molecule has 0 fully saturated rings. The molecule has 0 saturated heterocycles. The summed E-state index contributed by atoms with van der Waals surface area (Å²) in [4.78, 5) is 22.2. The molecule has 0 aromatic carbocycles. The highest BCUT2D eigenvalue weighted by Crippen LogP contribution is 2.33. The summed E-state index contributed by atoms with van der Waals surface area (Å²) in [7, 11) is 0. The molecule has 3 heterocycles. The molecule has 0 unspecified atom stereocenters. The smallest absolute Gasteiger partial charge is 0.260 e. The van der Waals surface area contributed by atoms with Crippen LogP contribution in [-0.2, 0) is 12.8 Å². The first kappa shape index (κ1) is 12.8. The number of fused-ring (bicyclic) bond motifs is 3. The summed E-state index contributed by atoms with van der Waals surface area (Å²) in [6.07, 6.45) is 8.59. The highest BCUT2D eigenvalue weighted by molar-refractivity contribution is 7.18. The van der Waals surface area contributed by atoms with Gasteiger partial charge in [0.1, 0.15) is 4.83 Å². The molecule has 0 radical (unpaired) electrons. The van der Waals surface area contributed by atoms with E-state index in [0.717, 1.165) is 29.5 Å². The minimum atomic E-state index is -0.0375. The lowest BCUT2D eigenvalue weighted by molar-refractivity contribution is 0.577. The van der Waals surface area contributed by atoms with E-state index < -0.39 is 0 Å². The zero-order chi connectivity index (χ0) is 14.2. The molecule has 0 aliphatic heterocycles. The van der Waals surface area contributed by atoms with Crippen LogP contribution in [0.3, 0.4) is 0 Å². The Morgan fingerprint density at radius 2 is 2.05 bits per heavy atom. The third-order valence-electron chi connectivity index (χ3n) is 4.08. The van der Waals surface area contributed by atoms with Crippen LogP contribution in [0, 0.1) is 0 Å². The van der Waals surface area contributed by atoms with Gasteiger partial charge in [-0.3, -0.25) is 4.79 Å². The highest BCUT2D eigenvalue weighted by atomic mass is 32.1. The summed E-state index contributed by atoms with van der Waals surface area (Å²) in [6.45, 7) is 0. The number of nitrogens with one attached hydrogen (secondary N) is 1. The van der Waals surface area contributed by atoms with Crippen molar-refractivity contribution in [3.8, 4) is 11.6 Å². The number of aromatic amines is 1. The van der Waals surface area contributed by atoms with Crippen molar-refractivity contribution in [2.45, 2.75) is 38.5 Å². The maximum atomic E-state index is 12.5. The van der Waals surface area contributed by atoms with Crippen LogP contribution in [0.5, 0.6) is 0 Å². The standard InChI is InChI=1S/C16H16N2O2S/c19-15-13-10-6-3-1-2-4-8-12(10)21-16(13)18-14(17-15)11-7-5-9-20-11/h5,7,9H,1-4,6,8H2,(H,17,18,19). The molecule has 0 saturated carbocycles. The number of hydrogen-bond donors (Lipinski definition) is 1. The Bertz CT molecular complexity index is 830. The van der Waals surface area contributed by atoms with E-state index in [9.17, 15) is 4.79 Å². The SMILES string of the molecule is O=c1[nH]c(-c2ccco2)nc2sc3c(c12)CCCCCC3. The molecule has 108 valence electrons. The van der Waals surface area contributed by atoms with Gasteiger partial charge in [0.25, 0.3) is 5.56 Å². The van der Waals surface area contributed by atoms with Gasteiger partial charge >= 0.3 is 0 Å². The number of hydrogen-bond acceptors (Lipinski definition) is 4. The molecule has 0 spiro atoms. The van der Waals surface area contributed by atoms with Gasteiger partial charge in [-0.15, -0.1) is 11.3 Å². The van der Waals surface area contributed by atoms with E-state index in [-0.39, 0.29) is 5.56 Å². The molecule has 0 atom stereocenters. The largest absolute Gasteiger partial charge is 0.461 e. The number of thiophene rings is 1. The molecule has 1 aliphatic carbocycles.